The Morgan fingerprint density at radius 3 is 2.51 bits per heavy atom. The van der Waals surface area contributed by atoms with Crippen molar-refractivity contribution in [3.05, 3.63) is 75.8 Å². The summed E-state index contributed by atoms with van der Waals surface area (Å²) in [5.74, 6) is -3.26. The normalized spacial score (nSPS) is 14.0. The van der Waals surface area contributed by atoms with E-state index in [0.717, 1.165) is 19.5 Å². The first-order chi connectivity index (χ1) is 16.6. The lowest BCUT2D eigenvalue weighted by Crippen LogP contribution is -2.31. The fourth-order valence-corrected chi connectivity index (χ4v) is 3.41. The number of carboxylic acid groups (broad SMARTS) is 1. The fraction of sp³-hybridized carbons (Fsp3) is 0.238. The highest BCUT2D eigenvalue weighted by Gasteiger charge is 2.38. The van der Waals surface area contributed by atoms with Gasteiger partial charge in [-0.3, -0.25) is 4.90 Å². The number of aromatic nitrogens is 2. The summed E-state index contributed by atoms with van der Waals surface area (Å²) < 4.78 is 50.0. The number of hydrogen-bond acceptors (Lipinski definition) is 7. The average Bonchev–Trinajstić information content (AvgIpc) is 3.27. The number of nitrogens with zero attached hydrogens (tertiary/aromatic N) is 4. The number of benzene rings is 2. The minimum Gasteiger partial charge on any atom is -0.475 e. The van der Waals surface area contributed by atoms with Crippen molar-refractivity contribution in [2.45, 2.75) is 25.7 Å². The van der Waals surface area contributed by atoms with Gasteiger partial charge in [0.2, 0.25) is 5.84 Å². The molecule has 3 aromatic rings. The molecule has 0 amide bonds. The molecule has 9 nitrogen and oxygen atoms in total. The van der Waals surface area contributed by atoms with Crippen molar-refractivity contribution in [3.63, 3.8) is 0 Å². The van der Waals surface area contributed by atoms with Crippen molar-refractivity contribution in [2.24, 2.45) is 5.16 Å². The summed E-state index contributed by atoms with van der Waals surface area (Å²) in [5, 5.41) is 30.5. The molecule has 3 N–H and O–H groups in total. The number of alkyl halides is 3. The Balaban J connectivity index is 0.000000429. The van der Waals surface area contributed by atoms with Gasteiger partial charge in [-0.1, -0.05) is 46.2 Å². The number of aliphatic carboxylic acids is 1. The molecule has 0 spiro atoms. The molecule has 2 aromatic carbocycles. The van der Waals surface area contributed by atoms with Gasteiger partial charge >= 0.3 is 12.1 Å². The topological polar surface area (TPSA) is 124 Å². The molecule has 0 atom stereocenters. The van der Waals surface area contributed by atoms with Crippen molar-refractivity contribution in [1.29, 1.82) is 0 Å². The van der Waals surface area contributed by atoms with Crippen LogP contribution in [-0.2, 0) is 24.3 Å². The predicted octanol–water partition coefficient (Wildman–Crippen LogP) is 4.30. The van der Waals surface area contributed by atoms with Gasteiger partial charge in [0.15, 0.2) is 5.69 Å². The van der Waals surface area contributed by atoms with Crippen molar-refractivity contribution < 1.29 is 37.3 Å². The SMILES string of the molecule is O/N=C(\Nc1ccc(F)c(Cl)c1)c1nonc1CN1CCc2ccccc2C1.O=C(O)C(F)(F)F. The summed E-state index contributed by atoms with van der Waals surface area (Å²) in [6.45, 7) is 2.14. The molecule has 2 heterocycles. The molecule has 0 unspecified atom stereocenters. The van der Waals surface area contributed by atoms with E-state index in [2.05, 4.69) is 37.8 Å². The number of halogens is 5. The predicted molar refractivity (Wildman–Crippen MR) is 116 cm³/mol. The van der Waals surface area contributed by atoms with E-state index in [1.165, 1.54) is 29.3 Å². The lowest BCUT2D eigenvalue weighted by atomic mass is 10.00. The molecule has 35 heavy (non-hydrogen) atoms. The molecule has 186 valence electrons. The van der Waals surface area contributed by atoms with Crippen LogP contribution in [0.25, 0.3) is 0 Å². The van der Waals surface area contributed by atoms with E-state index < -0.39 is 18.0 Å². The summed E-state index contributed by atoms with van der Waals surface area (Å²) in [6, 6.07) is 12.4. The van der Waals surface area contributed by atoms with Gasteiger partial charge in [0.1, 0.15) is 11.5 Å². The van der Waals surface area contributed by atoms with Crippen molar-refractivity contribution in [2.75, 3.05) is 11.9 Å². The van der Waals surface area contributed by atoms with Crippen LogP contribution in [0, 0.1) is 5.82 Å². The maximum absolute atomic E-state index is 13.3. The van der Waals surface area contributed by atoms with E-state index >= 15 is 0 Å². The molecule has 1 aliphatic rings. The third-order valence-corrected chi connectivity index (χ3v) is 5.18. The first-order valence-electron chi connectivity index (χ1n) is 9.93. The number of carboxylic acids is 1. The Morgan fingerprint density at radius 2 is 1.89 bits per heavy atom. The summed E-state index contributed by atoms with van der Waals surface area (Å²) in [4.78, 5) is 11.1. The largest absolute Gasteiger partial charge is 0.490 e. The van der Waals surface area contributed by atoms with Gasteiger partial charge in [-0.2, -0.15) is 13.2 Å². The highest BCUT2D eigenvalue weighted by atomic mass is 35.5. The van der Waals surface area contributed by atoms with Gasteiger partial charge in [-0.15, -0.1) is 0 Å². The van der Waals surface area contributed by atoms with Crippen LogP contribution in [0.5, 0.6) is 0 Å². The first-order valence-corrected chi connectivity index (χ1v) is 10.3. The van der Waals surface area contributed by atoms with Crippen LogP contribution in [-0.4, -0.2) is 50.1 Å². The lowest BCUT2D eigenvalue weighted by molar-refractivity contribution is -0.192. The van der Waals surface area contributed by atoms with Crippen molar-refractivity contribution in [3.8, 4) is 0 Å². The quantitative estimate of drug-likeness (QED) is 0.154. The Morgan fingerprint density at radius 1 is 1.20 bits per heavy atom. The molecule has 0 saturated heterocycles. The van der Waals surface area contributed by atoms with Gasteiger partial charge in [0, 0.05) is 25.3 Å². The summed E-state index contributed by atoms with van der Waals surface area (Å²) >= 11 is 5.80. The molecular weight excluding hydrogens is 498 g/mol. The van der Waals surface area contributed by atoms with Crippen LogP contribution < -0.4 is 5.32 Å². The van der Waals surface area contributed by atoms with Crippen molar-refractivity contribution >= 4 is 29.1 Å². The van der Waals surface area contributed by atoms with E-state index in [0.29, 0.717) is 17.9 Å². The Labute approximate surface area is 200 Å². The van der Waals surface area contributed by atoms with Crippen LogP contribution in [0.15, 0.2) is 52.2 Å². The standard InChI is InChI=1S/C19H17ClFN5O2.C2HF3O2/c20-15-9-14(5-6-16(15)21)22-19(23-27)18-17(24-28-25-18)11-26-8-7-12-3-1-2-4-13(12)10-26;3-2(4,5)1(6)7/h1-6,9,27H,7-8,10-11H2,(H,22,23);(H,6,7). The molecule has 4 rings (SSSR count). The molecule has 0 saturated carbocycles. The molecule has 0 radical (unpaired) electrons. The number of rotatable bonds is 4. The number of hydrogen-bond donors (Lipinski definition) is 3. The molecule has 14 heteroatoms. The van der Waals surface area contributed by atoms with Crippen LogP contribution in [0.3, 0.4) is 0 Å². The zero-order chi connectivity index (χ0) is 25.6. The monoisotopic (exact) mass is 515 g/mol. The van der Waals surface area contributed by atoms with E-state index in [1.54, 1.807) is 0 Å². The van der Waals surface area contributed by atoms with Crippen molar-refractivity contribution in [1.82, 2.24) is 15.2 Å². The van der Waals surface area contributed by atoms with Crippen LogP contribution in [0.1, 0.15) is 22.5 Å². The summed E-state index contributed by atoms with van der Waals surface area (Å²) in [6.07, 6.45) is -4.13. The third kappa shape index (κ3) is 6.90. The molecule has 1 aromatic heterocycles. The Kier molecular flexibility index (Phi) is 8.25. The molecule has 0 bridgehead atoms. The second kappa shape index (κ2) is 11.1. The van der Waals surface area contributed by atoms with Crippen LogP contribution in [0.4, 0.5) is 23.2 Å². The maximum atomic E-state index is 13.3. The second-order valence-electron chi connectivity index (χ2n) is 7.29. The van der Waals surface area contributed by atoms with E-state index in [1.807, 2.05) is 12.1 Å². The second-order valence-corrected chi connectivity index (χ2v) is 7.70. The molecule has 0 fully saturated rings. The number of fused-ring (bicyclic) bond motifs is 1. The summed E-state index contributed by atoms with van der Waals surface area (Å²) in [7, 11) is 0. The molecule has 0 aliphatic carbocycles. The Bertz CT molecular complexity index is 1220. The zero-order valence-electron chi connectivity index (χ0n) is 17.8. The highest BCUT2D eigenvalue weighted by Crippen LogP contribution is 2.22. The number of anilines is 1. The highest BCUT2D eigenvalue weighted by molar-refractivity contribution is 6.31. The molecular formula is C21H18ClF4N5O4. The Hall–Kier alpha value is -3.71. The van der Waals surface area contributed by atoms with Gasteiger partial charge in [-0.05, 0) is 40.9 Å². The smallest absolute Gasteiger partial charge is 0.475 e. The first kappa shape index (κ1) is 25.9. The van der Waals surface area contributed by atoms with E-state index in [9.17, 15) is 22.8 Å². The van der Waals surface area contributed by atoms with E-state index in [4.69, 9.17) is 26.1 Å². The minimum absolute atomic E-state index is 0.0383. The minimum atomic E-state index is -5.08. The van der Waals surface area contributed by atoms with Gasteiger partial charge in [-0.25, -0.2) is 13.8 Å². The fourth-order valence-electron chi connectivity index (χ4n) is 3.23. The number of nitrogens with one attached hydrogen (secondary N) is 1. The van der Waals surface area contributed by atoms with Gasteiger partial charge < -0.3 is 15.6 Å². The number of oxime groups is 1. The lowest BCUT2D eigenvalue weighted by Gasteiger charge is -2.27. The summed E-state index contributed by atoms with van der Waals surface area (Å²) in [5.41, 5.74) is 3.89. The average molecular weight is 516 g/mol. The van der Waals surface area contributed by atoms with Gasteiger partial charge in [0.25, 0.3) is 0 Å². The number of amidine groups is 1. The number of carbonyl (C=O) groups is 1. The van der Waals surface area contributed by atoms with Crippen LogP contribution >= 0.6 is 11.6 Å². The molecule has 1 aliphatic heterocycles. The van der Waals surface area contributed by atoms with E-state index in [-0.39, 0.29) is 16.6 Å². The van der Waals surface area contributed by atoms with Gasteiger partial charge in [0.05, 0.1) is 5.02 Å². The zero-order valence-corrected chi connectivity index (χ0v) is 18.5. The van der Waals surface area contributed by atoms with Crippen LogP contribution in [0.2, 0.25) is 5.02 Å². The maximum Gasteiger partial charge on any atom is 0.490 e. The third-order valence-electron chi connectivity index (χ3n) is 4.89.